The number of aliphatic hydroxyl groups is 1. The molecule has 0 spiro atoms. The molecule has 0 saturated carbocycles. The molecule has 1 aliphatic heterocycles. The average molecular weight is 495 g/mol. The molecule has 1 unspecified atom stereocenters. The Balaban J connectivity index is 1.86. The number of rotatable bonds is 6. The molecule has 2 aromatic rings. The van der Waals surface area contributed by atoms with Crippen LogP contribution in [0.25, 0.3) is 0 Å². The Morgan fingerprint density at radius 2 is 1.94 bits per heavy atom. The van der Waals surface area contributed by atoms with Crippen molar-refractivity contribution in [3.63, 3.8) is 0 Å². The van der Waals surface area contributed by atoms with Crippen molar-refractivity contribution in [1.29, 1.82) is 5.26 Å². The first-order valence-electron chi connectivity index (χ1n) is 10.3. The zero-order chi connectivity index (χ0) is 25.5. The first kappa shape index (κ1) is 25.8. The lowest BCUT2D eigenvalue weighted by atomic mass is 10.0. The van der Waals surface area contributed by atoms with Gasteiger partial charge in [0.25, 0.3) is 0 Å². The highest BCUT2D eigenvalue weighted by Crippen LogP contribution is 2.40. The van der Waals surface area contributed by atoms with Gasteiger partial charge in [0, 0.05) is 24.5 Å². The predicted octanol–water partition coefficient (Wildman–Crippen LogP) is 3.96. The number of pyridine rings is 1. The summed E-state index contributed by atoms with van der Waals surface area (Å²) < 4.78 is 45.8. The summed E-state index contributed by atoms with van der Waals surface area (Å²) >= 11 is 4.55. The van der Waals surface area contributed by atoms with Crippen LogP contribution in [0.2, 0.25) is 0 Å². The first-order valence-corrected chi connectivity index (χ1v) is 10.9. The summed E-state index contributed by atoms with van der Waals surface area (Å²) in [5.41, 5.74) is -3.85. The van der Waals surface area contributed by atoms with Crippen molar-refractivity contribution in [3.8, 4) is 11.9 Å². The van der Waals surface area contributed by atoms with Gasteiger partial charge in [0.05, 0.1) is 28.3 Å². The van der Waals surface area contributed by atoms with Gasteiger partial charge in [0.15, 0.2) is 0 Å². The molecule has 182 valence electrons. The van der Waals surface area contributed by atoms with E-state index in [0.29, 0.717) is 5.88 Å². The number of carbonyl (C=O) groups excluding carboxylic acids is 1. The number of hydrogen-bond donors (Lipinski definition) is 2. The van der Waals surface area contributed by atoms with Gasteiger partial charge in [-0.05, 0) is 51.5 Å². The van der Waals surface area contributed by atoms with E-state index in [4.69, 9.17) is 10.00 Å². The number of alkyl halides is 3. The highest BCUT2D eigenvalue weighted by molar-refractivity contribution is 7.81. The summed E-state index contributed by atoms with van der Waals surface area (Å²) in [6, 6.07) is 8.09. The van der Waals surface area contributed by atoms with Crippen molar-refractivity contribution < 1.29 is 27.8 Å². The lowest BCUT2D eigenvalue weighted by Gasteiger charge is -2.31. The molecular formula is C23H25F3N4O3S. The van der Waals surface area contributed by atoms with Crippen molar-refractivity contribution in [1.82, 2.24) is 9.88 Å². The highest BCUT2D eigenvalue weighted by Gasteiger charge is 2.51. The molecule has 2 heterocycles. The van der Waals surface area contributed by atoms with Crippen molar-refractivity contribution in [2.24, 2.45) is 0 Å². The quantitative estimate of drug-likeness (QED) is 0.591. The van der Waals surface area contributed by atoms with Crippen LogP contribution in [0, 0.1) is 11.3 Å². The monoisotopic (exact) mass is 494 g/mol. The minimum absolute atomic E-state index is 0.000362. The van der Waals surface area contributed by atoms with E-state index < -0.39 is 39.8 Å². The Kier molecular flexibility index (Phi) is 6.90. The van der Waals surface area contributed by atoms with Crippen molar-refractivity contribution in [3.05, 3.63) is 53.2 Å². The fraction of sp³-hybridized carbons (Fsp3) is 0.435. The molecule has 1 amide bonds. The molecule has 1 saturated heterocycles. The molecule has 1 fully saturated rings. The Bertz CT molecular complexity index is 1110. The van der Waals surface area contributed by atoms with E-state index in [9.17, 15) is 23.1 Å². The number of benzene rings is 1. The van der Waals surface area contributed by atoms with Gasteiger partial charge in [-0.15, -0.1) is 12.6 Å². The second kappa shape index (κ2) is 9.09. The molecule has 11 heteroatoms. The van der Waals surface area contributed by atoms with Crippen LogP contribution in [-0.4, -0.2) is 44.1 Å². The van der Waals surface area contributed by atoms with Crippen LogP contribution in [0.1, 0.15) is 44.4 Å². The Hall–Kier alpha value is -2.81. The van der Waals surface area contributed by atoms with Crippen LogP contribution in [-0.2, 0) is 17.5 Å². The number of aromatic nitrogens is 1. The number of nitrogens with zero attached hydrogens (tertiary/aromatic N) is 4. The van der Waals surface area contributed by atoms with E-state index in [2.05, 4.69) is 17.6 Å². The molecule has 3 rings (SSSR count). The molecule has 34 heavy (non-hydrogen) atoms. The molecule has 0 aliphatic carbocycles. The first-order chi connectivity index (χ1) is 15.6. The normalized spacial score (nSPS) is 18.8. The summed E-state index contributed by atoms with van der Waals surface area (Å²) in [5.74, 6) is -0.104. The Labute approximate surface area is 201 Å². The second-order valence-electron chi connectivity index (χ2n) is 9.15. The molecule has 0 radical (unpaired) electrons. The summed E-state index contributed by atoms with van der Waals surface area (Å²) in [4.78, 5) is 20.4. The zero-order valence-electron chi connectivity index (χ0n) is 19.1. The molecule has 1 N–H and O–H groups in total. The number of amides is 1. The molecular weight excluding hydrogens is 469 g/mol. The second-order valence-corrected chi connectivity index (χ2v) is 9.62. The maximum absolute atomic E-state index is 13.5. The third kappa shape index (κ3) is 5.29. The van der Waals surface area contributed by atoms with Gasteiger partial charge in [0.2, 0.25) is 11.8 Å². The van der Waals surface area contributed by atoms with Gasteiger partial charge in [-0.3, -0.25) is 14.6 Å². The van der Waals surface area contributed by atoms with Gasteiger partial charge in [-0.25, -0.2) is 4.98 Å². The predicted molar refractivity (Wildman–Crippen MR) is 122 cm³/mol. The average Bonchev–Trinajstić information content (AvgIpc) is 2.91. The summed E-state index contributed by atoms with van der Waals surface area (Å²) in [6.45, 7) is 6.86. The van der Waals surface area contributed by atoms with Gasteiger partial charge >= 0.3 is 6.18 Å². The fourth-order valence-corrected chi connectivity index (χ4v) is 4.14. The van der Waals surface area contributed by atoms with Crippen molar-refractivity contribution in [2.75, 3.05) is 11.5 Å². The van der Waals surface area contributed by atoms with E-state index in [1.165, 1.54) is 17.0 Å². The SMILES string of the molecule is CC(C)(O)COc1ccc(CN2C(S)N(c3ccc(C#N)c(C(F)(F)F)c3)C(=O)C2(C)C)cn1. The van der Waals surface area contributed by atoms with E-state index in [-0.39, 0.29) is 18.8 Å². The zero-order valence-corrected chi connectivity index (χ0v) is 20.0. The smallest absolute Gasteiger partial charge is 0.417 e. The number of hydrogen-bond acceptors (Lipinski definition) is 7. The number of carbonyl (C=O) groups is 1. The molecule has 1 aromatic carbocycles. The molecule has 1 atom stereocenters. The number of ether oxygens (including phenoxy) is 1. The number of thiol groups is 1. The topological polar surface area (TPSA) is 89.7 Å². The summed E-state index contributed by atoms with van der Waals surface area (Å²) in [7, 11) is 0. The lowest BCUT2D eigenvalue weighted by Crippen LogP contribution is -2.44. The fourth-order valence-electron chi connectivity index (χ4n) is 3.53. The Morgan fingerprint density at radius 1 is 1.26 bits per heavy atom. The minimum Gasteiger partial charge on any atom is -0.475 e. The molecule has 1 aliphatic rings. The van der Waals surface area contributed by atoms with Gasteiger partial charge in [-0.1, -0.05) is 6.07 Å². The third-order valence-corrected chi connectivity index (χ3v) is 5.91. The van der Waals surface area contributed by atoms with Crippen LogP contribution < -0.4 is 9.64 Å². The van der Waals surface area contributed by atoms with Crippen LogP contribution in [0.4, 0.5) is 18.9 Å². The number of anilines is 1. The standard InChI is InChI=1S/C23H25F3N4O3S/c1-21(2,32)13-33-18-8-5-14(11-28-18)12-29-20(34)30(19(31)22(29,3)4)16-7-6-15(10-27)17(9-16)23(24,25)26/h5-9,11,20,32,34H,12-13H2,1-4H3. The van der Waals surface area contributed by atoms with E-state index in [0.717, 1.165) is 17.7 Å². The van der Waals surface area contributed by atoms with Crippen LogP contribution in [0.15, 0.2) is 36.5 Å². The van der Waals surface area contributed by atoms with Gasteiger partial charge in [-0.2, -0.15) is 18.4 Å². The van der Waals surface area contributed by atoms with Crippen LogP contribution in [0.3, 0.4) is 0 Å². The summed E-state index contributed by atoms with van der Waals surface area (Å²) in [6.07, 6.45) is -3.18. The molecule has 7 nitrogen and oxygen atoms in total. The van der Waals surface area contributed by atoms with Gasteiger partial charge in [0.1, 0.15) is 12.1 Å². The van der Waals surface area contributed by atoms with Gasteiger partial charge < -0.3 is 9.84 Å². The number of halogens is 3. The Morgan fingerprint density at radius 3 is 2.47 bits per heavy atom. The summed E-state index contributed by atoms with van der Waals surface area (Å²) in [5, 5.41) is 18.8. The maximum Gasteiger partial charge on any atom is 0.417 e. The van der Waals surface area contributed by atoms with Crippen molar-refractivity contribution in [2.45, 2.75) is 57.1 Å². The molecule has 1 aromatic heterocycles. The van der Waals surface area contributed by atoms with Crippen molar-refractivity contribution >= 4 is 24.2 Å². The largest absolute Gasteiger partial charge is 0.475 e. The van der Waals surface area contributed by atoms with Crippen LogP contribution in [0.5, 0.6) is 5.88 Å². The van der Waals surface area contributed by atoms with Crippen LogP contribution >= 0.6 is 12.6 Å². The third-order valence-electron chi connectivity index (χ3n) is 5.40. The lowest BCUT2D eigenvalue weighted by molar-refractivity contribution is -0.137. The van der Waals surface area contributed by atoms with E-state index in [1.54, 1.807) is 50.9 Å². The molecule has 0 bridgehead atoms. The van der Waals surface area contributed by atoms with E-state index >= 15 is 0 Å². The maximum atomic E-state index is 13.5. The van der Waals surface area contributed by atoms with E-state index in [1.807, 2.05) is 0 Å². The number of nitriles is 1. The minimum atomic E-state index is -4.74. The highest BCUT2D eigenvalue weighted by atomic mass is 32.1.